The maximum Gasteiger partial charge on any atom is 0.209 e. The molecule has 0 aliphatic carbocycles. The molecule has 3 heteroatoms. The quantitative estimate of drug-likeness (QED) is 0.683. The van der Waals surface area contributed by atoms with Gasteiger partial charge in [0.15, 0.2) is 0 Å². The Labute approximate surface area is 84.3 Å². The molecule has 0 N–H and O–H groups in total. The van der Waals surface area contributed by atoms with E-state index in [-0.39, 0.29) is 6.04 Å². The third-order valence-corrected chi connectivity index (χ3v) is 2.38. The van der Waals surface area contributed by atoms with E-state index in [1.807, 2.05) is 31.2 Å². The number of benzene rings is 1. The molecule has 0 heterocycles. The summed E-state index contributed by atoms with van der Waals surface area (Å²) in [6, 6.07) is 7.81. The van der Waals surface area contributed by atoms with E-state index in [4.69, 9.17) is 4.74 Å². The van der Waals surface area contributed by atoms with Crippen LogP contribution in [0, 0.1) is 0 Å². The van der Waals surface area contributed by atoms with Gasteiger partial charge in [0.05, 0.1) is 13.2 Å². The van der Waals surface area contributed by atoms with E-state index in [2.05, 4.69) is 0 Å². The predicted molar refractivity (Wildman–Crippen MR) is 55.2 cm³/mol. The highest BCUT2D eigenvalue weighted by Gasteiger charge is 2.08. The van der Waals surface area contributed by atoms with Gasteiger partial charge in [-0.1, -0.05) is 12.1 Å². The molecular formula is C11H15NO2. The van der Waals surface area contributed by atoms with Crippen LogP contribution in [0.15, 0.2) is 24.3 Å². The second-order valence-electron chi connectivity index (χ2n) is 3.22. The van der Waals surface area contributed by atoms with Gasteiger partial charge in [0.25, 0.3) is 0 Å². The molecular weight excluding hydrogens is 178 g/mol. The van der Waals surface area contributed by atoms with Gasteiger partial charge in [-0.3, -0.25) is 4.79 Å². The Balaban J connectivity index is 2.80. The smallest absolute Gasteiger partial charge is 0.209 e. The SMILES string of the molecule is COc1ccc(C(C)N(C)C=O)cc1. The lowest BCUT2D eigenvalue weighted by Crippen LogP contribution is -2.20. The molecule has 0 bridgehead atoms. The highest BCUT2D eigenvalue weighted by molar-refractivity contribution is 5.48. The van der Waals surface area contributed by atoms with Crippen molar-refractivity contribution in [2.75, 3.05) is 14.2 Å². The van der Waals surface area contributed by atoms with Crippen molar-refractivity contribution in [2.45, 2.75) is 13.0 Å². The van der Waals surface area contributed by atoms with Crippen LogP contribution in [-0.4, -0.2) is 25.5 Å². The Bertz CT molecular complexity index is 295. The van der Waals surface area contributed by atoms with E-state index in [0.717, 1.165) is 17.7 Å². The highest BCUT2D eigenvalue weighted by atomic mass is 16.5. The molecule has 0 fully saturated rings. The lowest BCUT2D eigenvalue weighted by molar-refractivity contribution is -0.118. The molecule has 0 radical (unpaired) electrons. The maximum absolute atomic E-state index is 10.5. The van der Waals surface area contributed by atoms with Crippen LogP contribution in [0.3, 0.4) is 0 Å². The molecule has 76 valence electrons. The molecule has 1 unspecified atom stereocenters. The zero-order valence-electron chi connectivity index (χ0n) is 8.73. The van der Waals surface area contributed by atoms with Crippen LogP contribution < -0.4 is 4.74 Å². The minimum Gasteiger partial charge on any atom is -0.497 e. The summed E-state index contributed by atoms with van der Waals surface area (Å²) in [6.45, 7) is 1.98. The number of hydrogen-bond acceptors (Lipinski definition) is 2. The van der Waals surface area contributed by atoms with E-state index in [0.29, 0.717) is 0 Å². The summed E-state index contributed by atoms with van der Waals surface area (Å²) >= 11 is 0. The maximum atomic E-state index is 10.5. The summed E-state index contributed by atoms with van der Waals surface area (Å²) in [5.41, 5.74) is 1.10. The molecule has 1 rings (SSSR count). The van der Waals surface area contributed by atoms with Gasteiger partial charge in [0.2, 0.25) is 6.41 Å². The first-order valence-corrected chi connectivity index (χ1v) is 4.50. The van der Waals surface area contributed by atoms with Crippen molar-refractivity contribution in [1.82, 2.24) is 4.90 Å². The zero-order valence-corrected chi connectivity index (χ0v) is 8.73. The number of carbonyl (C=O) groups excluding carboxylic acids is 1. The molecule has 3 nitrogen and oxygen atoms in total. The molecule has 0 saturated heterocycles. The Morgan fingerprint density at radius 2 is 1.93 bits per heavy atom. The number of nitrogens with zero attached hydrogens (tertiary/aromatic N) is 1. The van der Waals surface area contributed by atoms with Crippen molar-refractivity contribution >= 4 is 6.41 Å². The second-order valence-corrected chi connectivity index (χ2v) is 3.22. The molecule has 1 aromatic carbocycles. The van der Waals surface area contributed by atoms with Gasteiger partial charge in [-0.05, 0) is 24.6 Å². The van der Waals surface area contributed by atoms with Gasteiger partial charge in [-0.25, -0.2) is 0 Å². The molecule has 0 aliphatic rings. The van der Waals surface area contributed by atoms with Gasteiger partial charge in [0.1, 0.15) is 5.75 Å². The van der Waals surface area contributed by atoms with Crippen molar-refractivity contribution in [1.29, 1.82) is 0 Å². The Kier molecular flexibility index (Phi) is 3.51. The minimum atomic E-state index is 0.0957. The van der Waals surface area contributed by atoms with Gasteiger partial charge in [0, 0.05) is 7.05 Å². The van der Waals surface area contributed by atoms with Crippen LogP contribution in [0.5, 0.6) is 5.75 Å². The first-order valence-electron chi connectivity index (χ1n) is 4.50. The molecule has 1 atom stereocenters. The van der Waals surface area contributed by atoms with Crippen molar-refractivity contribution < 1.29 is 9.53 Å². The van der Waals surface area contributed by atoms with Crippen LogP contribution in [-0.2, 0) is 4.79 Å². The molecule has 0 aromatic heterocycles. The monoisotopic (exact) mass is 193 g/mol. The van der Waals surface area contributed by atoms with Gasteiger partial charge in [-0.15, -0.1) is 0 Å². The van der Waals surface area contributed by atoms with E-state index in [1.165, 1.54) is 0 Å². The van der Waals surface area contributed by atoms with Crippen molar-refractivity contribution in [2.24, 2.45) is 0 Å². The fraction of sp³-hybridized carbons (Fsp3) is 0.364. The number of rotatable bonds is 4. The predicted octanol–water partition coefficient (Wildman–Crippen LogP) is 1.84. The molecule has 0 aliphatic heterocycles. The first kappa shape index (κ1) is 10.6. The first-order chi connectivity index (χ1) is 6.69. The summed E-state index contributed by atoms with van der Waals surface area (Å²) in [4.78, 5) is 12.2. The largest absolute Gasteiger partial charge is 0.497 e. The summed E-state index contributed by atoms with van der Waals surface area (Å²) in [5, 5.41) is 0. The lowest BCUT2D eigenvalue weighted by atomic mass is 10.1. The van der Waals surface area contributed by atoms with Crippen LogP contribution >= 0.6 is 0 Å². The number of hydrogen-bond donors (Lipinski definition) is 0. The fourth-order valence-electron chi connectivity index (χ4n) is 1.21. The van der Waals surface area contributed by atoms with Crippen LogP contribution in [0.1, 0.15) is 18.5 Å². The minimum absolute atomic E-state index is 0.0957. The topological polar surface area (TPSA) is 29.5 Å². The third-order valence-electron chi connectivity index (χ3n) is 2.38. The Morgan fingerprint density at radius 3 is 2.36 bits per heavy atom. The van der Waals surface area contributed by atoms with Crippen LogP contribution in [0.25, 0.3) is 0 Å². The Morgan fingerprint density at radius 1 is 1.36 bits per heavy atom. The average Bonchev–Trinajstić information content (AvgIpc) is 2.27. The van der Waals surface area contributed by atoms with Gasteiger partial charge >= 0.3 is 0 Å². The summed E-state index contributed by atoms with van der Waals surface area (Å²) in [5.74, 6) is 0.828. The fourth-order valence-corrected chi connectivity index (χ4v) is 1.21. The normalized spacial score (nSPS) is 11.9. The molecule has 1 amide bonds. The summed E-state index contributed by atoms with van der Waals surface area (Å²) in [6.07, 6.45) is 0.828. The van der Waals surface area contributed by atoms with Crippen molar-refractivity contribution in [3.8, 4) is 5.75 Å². The van der Waals surface area contributed by atoms with E-state index in [1.54, 1.807) is 19.1 Å². The number of amides is 1. The van der Waals surface area contributed by atoms with E-state index < -0.39 is 0 Å². The standard InChI is InChI=1S/C11H15NO2/c1-9(12(2)8-13)10-4-6-11(14-3)7-5-10/h4-9H,1-3H3. The van der Waals surface area contributed by atoms with Gasteiger partial charge < -0.3 is 9.64 Å². The second kappa shape index (κ2) is 4.65. The average molecular weight is 193 g/mol. The Hall–Kier alpha value is -1.51. The molecule has 1 aromatic rings. The lowest BCUT2D eigenvalue weighted by Gasteiger charge is -2.20. The summed E-state index contributed by atoms with van der Waals surface area (Å²) in [7, 11) is 3.40. The van der Waals surface area contributed by atoms with Crippen LogP contribution in [0.4, 0.5) is 0 Å². The highest BCUT2D eigenvalue weighted by Crippen LogP contribution is 2.20. The molecule has 0 saturated carbocycles. The van der Waals surface area contributed by atoms with Crippen molar-refractivity contribution in [3.05, 3.63) is 29.8 Å². The van der Waals surface area contributed by atoms with E-state index >= 15 is 0 Å². The third kappa shape index (κ3) is 2.25. The van der Waals surface area contributed by atoms with Crippen molar-refractivity contribution in [3.63, 3.8) is 0 Å². The number of ether oxygens (including phenoxy) is 1. The zero-order chi connectivity index (χ0) is 10.6. The number of methoxy groups -OCH3 is 1. The molecule has 0 spiro atoms. The summed E-state index contributed by atoms with van der Waals surface area (Å²) < 4.78 is 5.05. The van der Waals surface area contributed by atoms with E-state index in [9.17, 15) is 4.79 Å². The van der Waals surface area contributed by atoms with Gasteiger partial charge in [-0.2, -0.15) is 0 Å². The molecule has 14 heavy (non-hydrogen) atoms. The number of carbonyl (C=O) groups is 1. The van der Waals surface area contributed by atoms with Crippen LogP contribution in [0.2, 0.25) is 0 Å².